The molecule has 1 rings (SSSR count). The lowest BCUT2D eigenvalue weighted by molar-refractivity contribution is 1.58. The third-order valence-corrected chi connectivity index (χ3v) is 1.44. The second-order valence-electron chi connectivity index (χ2n) is 1.61. The van der Waals surface area contributed by atoms with Crippen molar-refractivity contribution in [1.29, 1.82) is 0 Å². The van der Waals surface area contributed by atoms with Gasteiger partial charge in [-0.25, -0.2) is 0 Å². The second kappa shape index (κ2) is 2.85. The summed E-state index contributed by atoms with van der Waals surface area (Å²) >= 11 is 3.22. The molecule has 0 aliphatic carbocycles. The van der Waals surface area contributed by atoms with Crippen molar-refractivity contribution in [2.75, 3.05) is 5.48 Å². The first-order valence-corrected chi connectivity index (χ1v) is 3.26. The summed E-state index contributed by atoms with van der Waals surface area (Å²) in [4.78, 5) is 0. The summed E-state index contributed by atoms with van der Waals surface area (Å²) in [7, 11) is 0. The molecule has 0 heterocycles. The van der Waals surface area contributed by atoms with E-state index in [1.807, 2.05) is 6.07 Å². The number of anilines is 1. The molecule has 9 heavy (non-hydrogen) atoms. The van der Waals surface area contributed by atoms with Gasteiger partial charge in [0.2, 0.25) is 0 Å². The molecule has 1 aromatic carbocycles. The fourth-order valence-corrected chi connectivity index (χ4v) is 0.951. The molecule has 0 spiro atoms. The van der Waals surface area contributed by atoms with Crippen LogP contribution in [0.5, 0.6) is 0 Å². The van der Waals surface area contributed by atoms with Crippen LogP contribution in [0.2, 0.25) is 0 Å². The van der Waals surface area contributed by atoms with Crippen LogP contribution in [-0.4, -0.2) is 0 Å². The predicted molar refractivity (Wildman–Crippen MR) is 41.1 cm³/mol. The number of hydrogen-bond donors (Lipinski definition) is 1. The fourth-order valence-electron chi connectivity index (χ4n) is 0.552. The highest BCUT2D eigenvalue weighted by atomic mass is 79.9. The Hall–Kier alpha value is -0.540. The van der Waals surface area contributed by atoms with E-state index in [2.05, 4.69) is 15.9 Å². The summed E-state index contributed by atoms with van der Waals surface area (Å²) in [6, 6.07) is 7.08. The van der Waals surface area contributed by atoms with Gasteiger partial charge in [-0.2, -0.15) is 0 Å². The van der Waals surface area contributed by atoms with Crippen molar-refractivity contribution >= 4 is 21.6 Å². The molecule has 0 saturated heterocycles. The maximum atomic E-state index is 10.0. The van der Waals surface area contributed by atoms with E-state index < -0.39 is 0 Å². The predicted octanol–water partition coefficient (Wildman–Crippen LogP) is 2.36. The lowest BCUT2D eigenvalue weighted by Gasteiger charge is -2.07. The third-order valence-electron chi connectivity index (χ3n) is 0.942. The number of nitrogens with one attached hydrogen (secondary N) is 1. The standard InChI is InChI=1S/C6H5BrNO/c7-5-2-1-3-6(4-5)8-9/h1-4,8H/q-1. The Balaban J connectivity index is 2.94. The Morgan fingerprint density at radius 3 is 2.67 bits per heavy atom. The van der Waals surface area contributed by atoms with Gasteiger partial charge in [-0.15, -0.1) is 0 Å². The number of hydrogen-bond acceptors (Lipinski definition) is 2. The van der Waals surface area contributed by atoms with E-state index in [0.717, 1.165) is 4.47 Å². The summed E-state index contributed by atoms with van der Waals surface area (Å²) in [6.45, 7) is 0. The topological polar surface area (TPSA) is 35.1 Å². The molecular formula is C6H5BrNO-. The van der Waals surface area contributed by atoms with Crippen LogP contribution in [-0.2, 0) is 0 Å². The van der Waals surface area contributed by atoms with Crippen molar-refractivity contribution in [2.24, 2.45) is 0 Å². The van der Waals surface area contributed by atoms with Crippen molar-refractivity contribution in [3.05, 3.63) is 33.9 Å². The quantitative estimate of drug-likeness (QED) is 0.684. The smallest absolute Gasteiger partial charge is 0.0244 e. The Labute approximate surface area is 61.6 Å². The van der Waals surface area contributed by atoms with E-state index in [-0.39, 0.29) is 0 Å². The highest BCUT2D eigenvalue weighted by molar-refractivity contribution is 9.10. The minimum absolute atomic E-state index is 0.573. The first-order chi connectivity index (χ1) is 4.33. The normalized spacial score (nSPS) is 9.11. The van der Waals surface area contributed by atoms with Gasteiger partial charge in [0, 0.05) is 10.2 Å². The molecule has 1 N–H and O–H groups in total. The maximum Gasteiger partial charge on any atom is 0.0244 e. The number of benzene rings is 1. The zero-order valence-corrected chi connectivity index (χ0v) is 6.18. The maximum absolute atomic E-state index is 10.0. The third kappa shape index (κ3) is 1.69. The first kappa shape index (κ1) is 6.58. The molecule has 0 radical (unpaired) electrons. The minimum Gasteiger partial charge on any atom is -0.761 e. The van der Waals surface area contributed by atoms with Crippen LogP contribution in [0, 0.1) is 5.21 Å². The van der Waals surface area contributed by atoms with Crippen LogP contribution in [0.3, 0.4) is 0 Å². The van der Waals surface area contributed by atoms with Crippen molar-refractivity contribution < 1.29 is 0 Å². The van der Waals surface area contributed by atoms with Crippen molar-refractivity contribution in [1.82, 2.24) is 0 Å². The van der Waals surface area contributed by atoms with Crippen LogP contribution in [0.1, 0.15) is 0 Å². The summed E-state index contributed by atoms with van der Waals surface area (Å²) in [5, 5.41) is 10.0. The molecular weight excluding hydrogens is 182 g/mol. The van der Waals surface area contributed by atoms with Crippen molar-refractivity contribution in [3.8, 4) is 0 Å². The van der Waals surface area contributed by atoms with Gasteiger partial charge in [-0.05, 0) is 18.2 Å². The Morgan fingerprint density at radius 2 is 2.22 bits per heavy atom. The molecule has 48 valence electrons. The van der Waals surface area contributed by atoms with Crippen LogP contribution in [0.25, 0.3) is 0 Å². The van der Waals surface area contributed by atoms with Gasteiger partial charge < -0.3 is 10.7 Å². The molecule has 0 unspecified atom stereocenters. The highest BCUT2D eigenvalue weighted by Crippen LogP contribution is 2.14. The minimum atomic E-state index is 0.573. The zero-order chi connectivity index (χ0) is 6.69. The Morgan fingerprint density at radius 1 is 1.44 bits per heavy atom. The van der Waals surface area contributed by atoms with Gasteiger partial charge in [-0.1, -0.05) is 22.0 Å². The van der Waals surface area contributed by atoms with Crippen LogP contribution < -0.4 is 5.48 Å². The second-order valence-corrected chi connectivity index (χ2v) is 2.53. The van der Waals surface area contributed by atoms with Crippen LogP contribution >= 0.6 is 15.9 Å². The molecule has 2 nitrogen and oxygen atoms in total. The van der Waals surface area contributed by atoms with Gasteiger partial charge in [-0.3, -0.25) is 0 Å². The molecule has 0 bridgehead atoms. The van der Waals surface area contributed by atoms with Gasteiger partial charge in [0.15, 0.2) is 0 Å². The van der Waals surface area contributed by atoms with Crippen LogP contribution in [0.15, 0.2) is 28.7 Å². The van der Waals surface area contributed by atoms with Crippen molar-refractivity contribution in [3.63, 3.8) is 0 Å². The lowest BCUT2D eigenvalue weighted by atomic mass is 10.3. The van der Waals surface area contributed by atoms with Crippen molar-refractivity contribution in [2.45, 2.75) is 0 Å². The van der Waals surface area contributed by atoms with E-state index >= 15 is 0 Å². The number of halogens is 1. The summed E-state index contributed by atoms with van der Waals surface area (Å²) in [5.74, 6) is 0. The molecule has 0 aromatic heterocycles. The van der Waals surface area contributed by atoms with Gasteiger partial charge >= 0.3 is 0 Å². The SMILES string of the molecule is [O-]Nc1cccc(Br)c1. The summed E-state index contributed by atoms with van der Waals surface area (Å²) in [6.07, 6.45) is 0. The Kier molecular flexibility index (Phi) is 2.08. The van der Waals surface area contributed by atoms with E-state index in [4.69, 9.17) is 0 Å². The average Bonchev–Trinajstić information content (AvgIpc) is 1.88. The zero-order valence-electron chi connectivity index (χ0n) is 4.60. The molecule has 0 saturated carbocycles. The van der Waals surface area contributed by atoms with Gasteiger partial charge in [0.05, 0.1) is 0 Å². The summed E-state index contributed by atoms with van der Waals surface area (Å²) < 4.78 is 0.906. The highest BCUT2D eigenvalue weighted by Gasteiger charge is 1.84. The molecule has 0 aliphatic rings. The van der Waals surface area contributed by atoms with E-state index in [1.54, 1.807) is 23.7 Å². The summed E-state index contributed by atoms with van der Waals surface area (Å²) in [5.41, 5.74) is 2.36. The molecule has 0 amide bonds. The molecule has 0 fully saturated rings. The van der Waals surface area contributed by atoms with Crippen LogP contribution in [0.4, 0.5) is 5.69 Å². The fraction of sp³-hybridized carbons (Fsp3) is 0. The van der Waals surface area contributed by atoms with Gasteiger partial charge in [0.1, 0.15) is 0 Å². The Bertz CT molecular complexity index is 202. The van der Waals surface area contributed by atoms with Gasteiger partial charge in [0.25, 0.3) is 0 Å². The van der Waals surface area contributed by atoms with E-state index in [0.29, 0.717) is 5.69 Å². The monoisotopic (exact) mass is 186 g/mol. The lowest BCUT2D eigenvalue weighted by Crippen LogP contribution is -1.82. The molecule has 1 aromatic rings. The average molecular weight is 187 g/mol. The molecule has 3 heteroatoms. The number of rotatable bonds is 1. The molecule has 0 aliphatic heterocycles. The largest absolute Gasteiger partial charge is 0.761 e. The van der Waals surface area contributed by atoms with E-state index in [9.17, 15) is 5.21 Å². The van der Waals surface area contributed by atoms with E-state index in [1.165, 1.54) is 0 Å². The molecule has 0 atom stereocenters. The first-order valence-electron chi connectivity index (χ1n) is 2.46.